The van der Waals surface area contributed by atoms with E-state index in [0.717, 1.165) is 30.3 Å². The summed E-state index contributed by atoms with van der Waals surface area (Å²) in [5.74, 6) is 6.49. The van der Waals surface area contributed by atoms with Gasteiger partial charge in [-0.25, -0.2) is 0 Å². The van der Waals surface area contributed by atoms with Gasteiger partial charge in [0.2, 0.25) is 0 Å². The standard InChI is InChI=1S/C13H14O/c1-3-13(6-7-13)12-5-4-11(14-12)10-8-9(10)2/h1,4-5,9-10H,6-8H2,2H3. The van der Waals surface area contributed by atoms with E-state index in [1.54, 1.807) is 0 Å². The Balaban J connectivity index is 1.88. The predicted molar refractivity (Wildman–Crippen MR) is 55.0 cm³/mol. The van der Waals surface area contributed by atoms with Gasteiger partial charge in [0, 0.05) is 5.92 Å². The first-order chi connectivity index (χ1) is 6.75. The number of rotatable bonds is 2. The zero-order valence-electron chi connectivity index (χ0n) is 8.42. The van der Waals surface area contributed by atoms with Crippen LogP contribution < -0.4 is 0 Å². The zero-order chi connectivity index (χ0) is 9.76. The Bertz CT molecular complexity index is 403. The van der Waals surface area contributed by atoms with Crippen molar-refractivity contribution in [3.63, 3.8) is 0 Å². The molecule has 72 valence electrons. The molecule has 0 aromatic carbocycles. The second kappa shape index (κ2) is 2.45. The van der Waals surface area contributed by atoms with Crippen LogP contribution in [0.25, 0.3) is 0 Å². The predicted octanol–water partition coefficient (Wildman–Crippen LogP) is 3.07. The average Bonchev–Trinajstić information content (AvgIpc) is 3.08. The molecule has 0 radical (unpaired) electrons. The van der Waals surface area contributed by atoms with Crippen LogP contribution in [0.3, 0.4) is 0 Å². The maximum Gasteiger partial charge on any atom is 0.122 e. The van der Waals surface area contributed by atoms with Gasteiger partial charge in [0.1, 0.15) is 11.5 Å². The van der Waals surface area contributed by atoms with Crippen molar-refractivity contribution in [2.24, 2.45) is 5.92 Å². The highest BCUT2D eigenvalue weighted by Gasteiger charge is 2.46. The van der Waals surface area contributed by atoms with E-state index in [1.165, 1.54) is 6.42 Å². The Kier molecular flexibility index (Phi) is 1.43. The quantitative estimate of drug-likeness (QED) is 0.647. The van der Waals surface area contributed by atoms with Crippen molar-refractivity contribution in [1.82, 2.24) is 0 Å². The molecule has 3 rings (SSSR count). The van der Waals surface area contributed by atoms with Crippen LogP contribution in [0.2, 0.25) is 0 Å². The van der Waals surface area contributed by atoms with Gasteiger partial charge in [0.15, 0.2) is 0 Å². The highest BCUT2D eigenvalue weighted by Crippen LogP contribution is 2.52. The molecule has 2 atom stereocenters. The Morgan fingerprint density at radius 3 is 2.71 bits per heavy atom. The summed E-state index contributed by atoms with van der Waals surface area (Å²) in [6, 6.07) is 4.19. The summed E-state index contributed by atoms with van der Waals surface area (Å²) in [5.41, 5.74) is -0.0314. The fraction of sp³-hybridized carbons (Fsp3) is 0.538. The Labute approximate surface area is 84.5 Å². The molecule has 2 aliphatic rings. The molecule has 0 spiro atoms. The van der Waals surface area contributed by atoms with Crippen LogP contribution in [-0.2, 0) is 5.41 Å². The first kappa shape index (κ1) is 8.17. The van der Waals surface area contributed by atoms with Crippen LogP contribution >= 0.6 is 0 Å². The van der Waals surface area contributed by atoms with Gasteiger partial charge in [-0.1, -0.05) is 12.8 Å². The van der Waals surface area contributed by atoms with E-state index in [1.807, 2.05) is 0 Å². The van der Waals surface area contributed by atoms with Crippen molar-refractivity contribution < 1.29 is 4.42 Å². The summed E-state index contributed by atoms with van der Waals surface area (Å²) in [6.07, 6.45) is 8.98. The fourth-order valence-corrected chi connectivity index (χ4v) is 2.11. The summed E-state index contributed by atoms with van der Waals surface area (Å²) in [5, 5.41) is 0. The van der Waals surface area contributed by atoms with Crippen LogP contribution in [0.15, 0.2) is 16.5 Å². The smallest absolute Gasteiger partial charge is 0.122 e. The zero-order valence-corrected chi connectivity index (χ0v) is 8.42. The van der Waals surface area contributed by atoms with E-state index >= 15 is 0 Å². The van der Waals surface area contributed by atoms with Gasteiger partial charge in [-0.05, 0) is 37.3 Å². The Morgan fingerprint density at radius 2 is 2.21 bits per heavy atom. The van der Waals surface area contributed by atoms with Crippen LogP contribution in [0.4, 0.5) is 0 Å². The summed E-state index contributed by atoms with van der Waals surface area (Å²) >= 11 is 0. The molecule has 0 amide bonds. The van der Waals surface area contributed by atoms with Crippen molar-refractivity contribution in [3.05, 3.63) is 23.7 Å². The molecule has 1 heterocycles. The Morgan fingerprint density at radius 1 is 1.50 bits per heavy atom. The summed E-state index contributed by atoms with van der Waals surface area (Å²) in [7, 11) is 0. The number of hydrogen-bond donors (Lipinski definition) is 0. The number of hydrogen-bond acceptors (Lipinski definition) is 1. The molecule has 2 saturated carbocycles. The highest BCUT2D eigenvalue weighted by molar-refractivity contribution is 5.36. The third kappa shape index (κ3) is 1.04. The molecular weight excluding hydrogens is 172 g/mol. The lowest BCUT2D eigenvalue weighted by Gasteiger charge is -2.01. The van der Waals surface area contributed by atoms with Crippen LogP contribution in [0.5, 0.6) is 0 Å². The average molecular weight is 186 g/mol. The number of furan rings is 1. The van der Waals surface area contributed by atoms with Gasteiger partial charge in [-0.15, -0.1) is 6.42 Å². The van der Waals surface area contributed by atoms with Gasteiger partial charge in [0.25, 0.3) is 0 Å². The highest BCUT2D eigenvalue weighted by atomic mass is 16.3. The molecule has 2 unspecified atom stereocenters. The summed E-state index contributed by atoms with van der Waals surface area (Å²) in [6.45, 7) is 2.26. The normalized spacial score (nSPS) is 32.3. The van der Waals surface area contributed by atoms with E-state index in [9.17, 15) is 0 Å². The van der Waals surface area contributed by atoms with Crippen molar-refractivity contribution >= 4 is 0 Å². The fourth-order valence-electron chi connectivity index (χ4n) is 2.11. The molecule has 1 aromatic rings. The first-order valence-corrected chi connectivity index (χ1v) is 5.33. The van der Waals surface area contributed by atoms with Gasteiger partial charge in [-0.2, -0.15) is 0 Å². The third-order valence-electron chi connectivity index (χ3n) is 3.60. The van der Waals surface area contributed by atoms with E-state index < -0.39 is 0 Å². The second-order valence-corrected chi connectivity index (χ2v) is 4.75. The van der Waals surface area contributed by atoms with Crippen molar-refractivity contribution in [2.45, 2.75) is 37.5 Å². The topological polar surface area (TPSA) is 13.1 Å². The maximum atomic E-state index is 5.85. The van der Waals surface area contributed by atoms with Crippen LogP contribution in [0.1, 0.15) is 43.6 Å². The molecule has 0 saturated heterocycles. The lowest BCUT2D eigenvalue weighted by Crippen LogP contribution is -1.99. The van der Waals surface area contributed by atoms with Gasteiger partial charge in [0.05, 0.1) is 5.41 Å². The van der Waals surface area contributed by atoms with E-state index in [-0.39, 0.29) is 5.41 Å². The van der Waals surface area contributed by atoms with Gasteiger partial charge >= 0.3 is 0 Å². The lowest BCUT2D eigenvalue weighted by atomic mass is 10.1. The molecule has 0 N–H and O–H groups in total. The summed E-state index contributed by atoms with van der Waals surface area (Å²) < 4.78 is 5.85. The molecule has 14 heavy (non-hydrogen) atoms. The number of terminal acetylenes is 1. The van der Waals surface area contributed by atoms with E-state index in [4.69, 9.17) is 10.8 Å². The van der Waals surface area contributed by atoms with Crippen molar-refractivity contribution in [1.29, 1.82) is 0 Å². The van der Waals surface area contributed by atoms with Crippen molar-refractivity contribution in [2.75, 3.05) is 0 Å². The molecule has 0 bridgehead atoms. The molecule has 0 aliphatic heterocycles. The maximum absolute atomic E-state index is 5.85. The monoisotopic (exact) mass is 186 g/mol. The molecule has 1 nitrogen and oxygen atoms in total. The van der Waals surface area contributed by atoms with E-state index in [2.05, 4.69) is 25.0 Å². The Hall–Kier alpha value is -1.16. The molecule has 2 fully saturated rings. The van der Waals surface area contributed by atoms with Gasteiger partial charge < -0.3 is 4.42 Å². The second-order valence-electron chi connectivity index (χ2n) is 4.75. The van der Waals surface area contributed by atoms with Crippen LogP contribution in [0, 0.1) is 18.3 Å². The molecular formula is C13H14O. The molecule has 2 aliphatic carbocycles. The van der Waals surface area contributed by atoms with Crippen LogP contribution in [-0.4, -0.2) is 0 Å². The summed E-state index contributed by atoms with van der Waals surface area (Å²) in [4.78, 5) is 0. The minimum atomic E-state index is -0.0314. The lowest BCUT2D eigenvalue weighted by molar-refractivity contribution is 0.446. The van der Waals surface area contributed by atoms with Crippen molar-refractivity contribution in [3.8, 4) is 12.3 Å². The molecule has 1 heteroatoms. The SMILES string of the molecule is C#CC1(c2ccc(C3CC3C)o2)CC1. The minimum Gasteiger partial charge on any atom is -0.464 e. The van der Waals surface area contributed by atoms with Gasteiger partial charge in [-0.3, -0.25) is 0 Å². The first-order valence-electron chi connectivity index (χ1n) is 5.33. The largest absolute Gasteiger partial charge is 0.464 e. The van der Waals surface area contributed by atoms with E-state index in [0.29, 0.717) is 5.92 Å². The third-order valence-corrected chi connectivity index (χ3v) is 3.60. The molecule has 1 aromatic heterocycles. The minimum absolute atomic E-state index is 0.0314.